The van der Waals surface area contributed by atoms with Crippen LogP contribution in [0, 0.1) is 0 Å². The fourth-order valence-corrected chi connectivity index (χ4v) is 7.28. The minimum absolute atomic E-state index is 0. The Morgan fingerprint density at radius 2 is 1.38 bits per heavy atom. The van der Waals surface area contributed by atoms with Crippen LogP contribution in [0.3, 0.4) is 0 Å². The smallest absolute Gasteiger partial charge is 0.243 e. The maximum atomic E-state index is 13.1. The summed E-state index contributed by atoms with van der Waals surface area (Å²) < 4.78 is 38.2. The molecule has 2 aliphatic heterocycles. The second kappa shape index (κ2) is 16.2. The van der Waals surface area contributed by atoms with Crippen LogP contribution in [0.15, 0.2) is 50.3 Å². The molecule has 1 aromatic carbocycles. The highest BCUT2D eigenvalue weighted by molar-refractivity contribution is 7.89. The van der Waals surface area contributed by atoms with Crippen LogP contribution in [0.2, 0.25) is 5.02 Å². The van der Waals surface area contributed by atoms with Gasteiger partial charge < -0.3 is 14.4 Å². The van der Waals surface area contributed by atoms with E-state index < -0.39 is 16.1 Å². The van der Waals surface area contributed by atoms with Gasteiger partial charge in [-0.05, 0) is 56.5 Å². The second-order valence-electron chi connectivity index (χ2n) is 14.2. The topological polar surface area (TPSA) is 136 Å². The molecule has 0 amide bonds. The lowest BCUT2D eigenvalue weighted by Crippen LogP contribution is -2.48. The molecule has 4 heterocycles. The molecule has 2 saturated heterocycles. The van der Waals surface area contributed by atoms with Crippen molar-refractivity contribution in [1.82, 2.24) is 19.9 Å². The third-order valence-electron chi connectivity index (χ3n) is 8.25. The first kappa shape index (κ1) is 38.9. The first-order valence-electron chi connectivity index (χ1n) is 16.0. The number of piperidine rings is 2. The lowest BCUT2D eigenvalue weighted by Gasteiger charge is -2.33. The van der Waals surface area contributed by atoms with Crippen molar-refractivity contribution in [2.45, 2.75) is 121 Å². The minimum atomic E-state index is -3.77. The van der Waals surface area contributed by atoms with Gasteiger partial charge in [-0.25, -0.2) is 8.42 Å². The molecule has 13 heteroatoms. The summed E-state index contributed by atoms with van der Waals surface area (Å²) in [5, 5.41) is 11.7. The van der Waals surface area contributed by atoms with Gasteiger partial charge >= 0.3 is 0 Å². The summed E-state index contributed by atoms with van der Waals surface area (Å²) >= 11 is 5.87. The molecule has 0 saturated carbocycles. The number of sulfonamides is 1. The van der Waals surface area contributed by atoms with E-state index in [2.05, 4.69) is 36.4 Å². The van der Waals surface area contributed by atoms with E-state index in [9.17, 15) is 18.0 Å². The van der Waals surface area contributed by atoms with Crippen molar-refractivity contribution in [3.05, 3.63) is 64.3 Å². The Morgan fingerprint density at radius 3 is 1.87 bits per heavy atom. The zero-order chi connectivity index (χ0) is 33.7. The van der Waals surface area contributed by atoms with Crippen molar-refractivity contribution < 1.29 is 27.1 Å². The maximum absolute atomic E-state index is 13.1. The Morgan fingerprint density at radius 1 is 0.851 bits per heavy atom. The highest BCUT2D eigenvalue weighted by atomic mass is 35.5. The van der Waals surface area contributed by atoms with E-state index >= 15 is 0 Å². The third-order valence-corrected chi connectivity index (χ3v) is 10.4. The van der Waals surface area contributed by atoms with Gasteiger partial charge in [-0.15, -0.1) is 12.4 Å². The summed E-state index contributed by atoms with van der Waals surface area (Å²) in [6.07, 6.45) is 5.73. The first-order chi connectivity index (χ1) is 21.6. The van der Waals surface area contributed by atoms with E-state index in [0.29, 0.717) is 35.9 Å². The molecule has 5 rings (SSSR count). The van der Waals surface area contributed by atoms with E-state index in [4.69, 9.17) is 20.6 Å². The summed E-state index contributed by atoms with van der Waals surface area (Å²) in [5.41, 5.74) is 1.02. The zero-order valence-corrected chi connectivity index (χ0v) is 30.6. The van der Waals surface area contributed by atoms with Crippen molar-refractivity contribution in [3.8, 4) is 0 Å². The number of nitrogens with zero attached hydrogens (tertiary/aromatic N) is 3. The molecule has 260 valence electrons. The lowest BCUT2D eigenvalue weighted by molar-refractivity contribution is -0.123. The Labute approximate surface area is 289 Å². The fraction of sp³-hybridized carbons (Fsp3) is 0.588. The summed E-state index contributed by atoms with van der Waals surface area (Å²) in [4.78, 5) is 25.2. The molecule has 2 atom stereocenters. The number of carbonyl (C=O) groups excluding carboxylic acids is 2. The predicted octanol–water partition coefficient (Wildman–Crippen LogP) is 6.63. The van der Waals surface area contributed by atoms with Gasteiger partial charge in [0.15, 0.2) is 11.6 Å². The van der Waals surface area contributed by atoms with Gasteiger partial charge in [0.1, 0.15) is 11.5 Å². The fourth-order valence-electron chi connectivity index (χ4n) is 5.48. The normalized spacial score (nSPS) is 19.3. The highest BCUT2D eigenvalue weighted by Gasteiger charge is 2.38. The van der Waals surface area contributed by atoms with Crippen molar-refractivity contribution >= 4 is 45.6 Å². The van der Waals surface area contributed by atoms with E-state index in [0.717, 1.165) is 43.7 Å². The molecule has 1 N–H and O–H groups in total. The molecule has 2 aliphatic rings. The zero-order valence-electron chi connectivity index (χ0n) is 28.2. The molecule has 2 fully saturated rings. The van der Waals surface area contributed by atoms with Gasteiger partial charge in [-0.2, -0.15) is 4.31 Å². The van der Waals surface area contributed by atoms with Crippen molar-refractivity contribution in [2.75, 3.05) is 13.1 Å². The number of aromatic nitrogens is 2. The lowest BCUT2D eigenvalue weighted by atomic mass is 9.92. The average Bonchev–Trinajstić information content (AvgIpc) is 3.68. The SMILES string of the molecule is CC(C)(C)c1cc(CC(=O)[C@@H]2CCCCN2)no1.CC(C)(C)c1cc(CC(=O)[C@@H]2CCCCN2S(=O)(=O)c2ccc(Cl)cc2)no1.Cl. The third kappa shape index (κ3) is 10.5. The molecule has 0 unspecified atom stereocenters. The summed E-state index contributed by atoms with van der Waals surface area (Å²) in [5.74, 6) is 1.60. The average molecular weight is 712 g/mol. The van der Waals surface area contributed by atoms with E-state index in [-0.39, 0.29) is 52.2 Å². The van der Waals surface area contributed by atoms with Crippen molar-refractivity contribution in [2.24, 2.45) is 0 Å². The van der Waals surface area contributed by atoms with Gasteiger partial charge in [-0.1, -0.05) is 76.3 Å². The predicted molar refractivity (Wildman–Crippen MR) is 184 cm³/mol. The number of hydrogen-bond acceptors (Lipinski definition) is 9. The molecule has 0 aliphatic carbocycles. The number of hydrogen-bond donors (Lipinski definition) is 1. The van der Waals surface area contributed by atoms with Gasteiger partial charge in [-0.3, -0.25) is 9.59 Å². The molecule has 0 spiro atoms. The number of nitrogens with one attached hydrogen (secondary N) is 1. The quantitative estimate of drug-likeness (QED) is 0.273. The van der Waals surface area contributed by atoms with E-state index in [1.807, 2.05) is 26.8 Å². The van der Waals surface area contributed by atoms with Gasteiger partial charge in [0.05, 0.1) is 41.2 Å². The minimum Gasteiger partial charge on any atom is -0.361 e. The number of benzene rings is 1. The number of halogens is 2. The van der Waals surface area contributed by atoms with Crippen molar-refractivity contribution in [1.29, 1.82) is 0 Å². The molecular formula is C34H48Cl2N4O6S. The molecule has 47 heavy (non-hydrogen) atoms. The summed E-state index contributed by atoms with van der Waals surface area (Å²) in [7, 11) is -3.77. The molecule has 0 bridgehead atoms. The Kier molecular flexibility index (Phi) is 13.4. The molecular weight excluding hydrogens is 663 g/mol. The Bertz CT molecular complexity index is 1580. The number of Topliss-reactive ketones (excluding diaryl/α,β-unsaturated/α-hetero) is 2. The molecule has 0 radical (unpaired) electrons. The van der Waals surface area contributed by atoms with Crippen LogP contribution < -0.4 is 5.32 Å². The molecule has 10 nitrogen and oxygen atoms in total. The van der Waals surface area contributed by atoms with Crippen LogP contribution in [-0.2, 0) is 43.3 Å². The summed E-state index contributed by atoms with van der Waals surface area (Å²) in [6.45, 7) is 13.5. The van der Waals surface area contributed by atoms with Crippen LogP contribution in [0.4, 0.5) is 0 Å². The monoisotopic (exact) mass is 710 g/mol. The number of carbonyl (C=O) groups is 2. The largest absolute Gasteiger partial charge is 0.361 e. The van der Waals surface area contributed by atoms with E-state index in [1.54, 1.807) is 18.2 Å². The van der Waals surface area contributed by atoms with Crippen LogP contribution in [0.1, 0.15) is 103 Å². The number of rotatable bonds is 8. The second-order valence-corrected chi connectivity index (χ2v) is 16.6. The highest BCUT2D eigenvalue weighted by Crippen LogP contribution is 2.29. The Balaban J connectivity index is 0.000000274. The van der Waals surface area contributed by atoms with Crippen LogP contribution in [0.25, 0.3) is 0 Å². The van der Waals surface area contributed by atoms with Gasteiger partial charge in [0.25, 0.3) is 0 Å². The van der Waals surface area contributed by atoms with Crippen molar-refractivity contribution in [3.63, 3.8) is 0 Å². The molecule has 3 aromatic rings. The van der Waals surface area contributed by atoms with Gasteiger partial charge in [0.2, 0.25) is 10.0 Å². The first-order valence-corrected chi connectivity index (χ1v) is 17.9. The standard InChI is InChI=1S/C20H25ClN2O4S.C14H22N2O2.ClH/c1-20(2,3)19-13-15(22-27-19)12-18(24)17-6-4-5-11-23(17)28(25,26)16-9-7-14(21)8-10-16;1-14(2,3)13-9-10(16-18-13)8-12(17)11-6-4-5-7-15-11;/h7-10,13,17H,4-6,11-12H2,1-3H3;9,11,15H,4-8H2,1-3H3;1H/t17-;11-;/m00./s1. The maximum Gasteiger partial charge on any atom is 0.243 e. The van der Waals surface area contributed by atoms with Crippen LogP contribution >= 0.6 is 24.0 Å². The molecule has 2 aromatic heterocycles. The van der Waals surface area contributed by atoms with E-state index in [1.165, 1.54) is 22.9 Å². The van der Waals surface area contributed by atoms with Gasteiger partial charge in [0, 0.05) is 34.5 Å². The Hall–Kier alpha value is -2.57. The summed E-state index contributed by atoms with van der Waals surface area (Å²) in [6, 6.07) is 9.02. The number of ketones is 2. The van der Waals surface area contributed by atoms with Crippen LogP contribution in [-0.4, -0.2) is 59.8 Å². The van der Waals surface area contributed by atoms with Crippen LogP contribution in [0.5, 0.6) is 0 Å².